The van der Waals surface area contributed by atoms with Gasteiger partial charge in [-0.15, -0.1) is 0 Å². The van der Waals surface area contributed by atoms with Crippen molar-refractivity contribution in [3.8, 4) is 11.5 Å². The second-order valence-corrected chi connectivity index (χ2v) is 4.32. The first-order valence-electron chi connectivity index (χ1n) is 5.82. The number of carbonyl (C=O) groups is 1. The van der Waals surface area contributed by atoms with Gasteiger partial charge in [0.05, 0.1) is 12.0 Å². The van der Waals surface area contributed by atoms with Gasteiger partial charge in [0.2, 0.25) is 0 Å². The Morgan fingerprint density at radius 3 is 2.67 bits per heavy atom. The topological polar surface area (TPSA) is 46.5 Å². The number of phenolic OH excluding ortho intramolecular Hbond substituents is 1. The summed E-state index contributed by atoms with van der Waals surface area (Å²) >= 11 is 0. The third-order valence-corrected chi connectivity index (χ3v) is 3.07. The van der Waals surface area contributed by atoms with E-state index in [-0.39, 0.29) is 17.6 Å². The molecule has 1 heterocycles. The zero-order chi connectivity index (χ0) is 12.5. The Labute approximate surface area is 105 Å². The van der Waals surface area contributed by atoms with Gasteiger partial charge in [-0.05, 0) is 23.8 Å². The van der Waals surface area contributed by atoms with E-state index in [4.69, 9.17) is 4.74 Å². The van der Waals surface area contributed by atoms with Gasteiger partial charge in [0, 0.05) is 0 Å². The first-order valence-corrected chi connectivity index (χ1v) is 5.82. The molecule has 0 saturated carbocycles. The van der Waals surface area contributed by atoms with E-state index in [0.29, 0.717) is 17.7 Å². The molecule has 1 N–H and O–H groups in total. The van der Waals surface area contributed by atoms with Gasteiger partial charge >= 0.3 is 0 Å². The Kier molecular flexibility index (Phi) is 2.52. The van der Waals surface area contributed by atoms with E-state index in [2.05, 4.69) is 0 Å². The van der Waals surface area contributed by atoms with Crippen molar-refractivity contribution >= 4 is 5.78 Å². The first-order chi connectivity index (χ1) is 8.74. The highest BCUT2D eigenvalue weighted by molar-refractivity contribution is 6.00. The molecule has 0 aliphatic carbocycles. The maximum absolute atomic E-state index is 12.0. The first kappa shape index (κ1) is 10.8. The summed E-state index contributed by atoms with van der Waals surface area (Å²) in [6, 6.07) is 14.3. The summed E-state index contributed by atoms with van der Waals surface area (Å²) in [5, 5.41) is 9.38. The summed E-state index contributed by atoms with van der Waals surface area (Å²) in [5.74, 6) is 0.628. The van der Waals surface area contributed by atoms with Gasteiger partial charge < -0.3 is 9.84 Å². The lowest BCUT2D eigenvalue weighted by Gasteiger charge is -2.25. The fourth-order valence-corrected chi connectivity index (χ4v) is 2.17. The van der Waals surface area contributed by atoms with Crippen LogP contribution in [0.25, 0.3) is 0 Å². The van der Waals surface area contributed by atoms with Gasteiger partial charge in [-0.25, -0.2) is 0 Å². The van der Waals surface area contributed by atoms with Gasteiger partial charge in [-0.1, -0.05) is 30.3 Å². The van der Waals surface area contributed by atoms with Crippen molar-refractivity contribution in [1.82, 2.24) is 0 Å². The van der Waals surface area contributed by atoms with Crippen LogP contribution in [0.5, 0.6) is 11.5 Å². The Morgan fingerprint density at radius 1 is 1.11 bits per heavy atom. The number of aromatic hydroxyl groups is 1. The van der Waals surface area contributed by atoms with Crippen molar-refractivity contribution in [1.29, 1.82) is 0 Å². The number of hydrogen-bond acceptors (Lipinski definition) is 3. The minimum Gasteiger partial charge on any atom is -0.508 e. The number of benzene rings is 2. The van der Waals surface area contributed by atoms with E-state index < -0.39 is 0 Å². The highest BCUT2D eigenvalue weighted by Gasteiger charge is 2.27. The molecule has 0 saturated heterocycles. The molecule has 2 aromatic carbocycles. The lowest BCUT2D eigenvalue weighted by atomic mass is 9.96. The van der Waals surface area contributed by atoms with Crippen LogP contribution in [-0.2, 0) is 0 Å². The van der Waals surface area contributed by atoms with Crippen LogP contribution in [0.15, 0.2) is 48.5 Å². The summed E-state index contributed by atoms with van der Waals surface area (Å²) in [5.41, 5.74) is 1.45. The molecule has 0 amide bonds. The lowest BCUT2D eigenvalue weighted by molar-refractivity contribution is 0.0849. The molecule has 2 aromatic rings. The number of ketones is 1. The third-order valence-electron chi connectivity index (χ3n) is 3.07. The number of ether oxygens (including phenoxy) is 1. The summed E-state index contributed by atoms with van der Waals surface area (Å²) in [6.45, 7) is 0. The van der Waals surface area contributed by atoms with Crippen LogP contribution in [0, 0.1) is 0 Å². The van der Waals surface area contributed by atoms with Crippen molar-refractivity contribution in [2.45, 2.75) is 12.5 Å². The van der Waals surface area contributed by atoms with Crippen LogP contribution in [0.2, 0.25) is 0 Å². The molecule has 18 heavy (non-hydrogen) atoms. The SMILES string of the molecule is O=C1C[C@H](c2ccccc2)Oc2ccc(O)cc21. The zero-order valence-electron chi connectivity index (χ0n) is 9.67. The zero-order valence-corrected chi connectivity index (χ0v) is 9.67. The maximum atomic E-state index is 12.0. The molecular formula is C15H12O3. The van der Waals surface area contributed by atoms with E-state index in [9.17, 15) is 9.90 Å². The van der Waals surface area contributed by atoms with Crippen molar-refractivity contribution in [3.05, 3.63) is 59.7 Å². The van der Waals surface area contributed by atoms with Gasteiger partial charge in [-0.3, -0.25) is 4.79 Å². The van der Waals surface area contributed by atoms with Crippen LogP contribution in [0.3, 0.4) is 0 Å². The van der Waals surface area contributed by atoms with Crippen LogP contribution in [-0.4, -0.2) is 10.9 Å². The van der Waals surface area contributed by atoms with Gasteiger partial charge in [0.1, 0.15) is 17.6 Å². The molecule has 0 bridgehead atoms. The molecule has 3 heteroatoms. The predicted molar refractivity (Wildman–Crippen MR) is 66.9 cm³/mol. The molecule has 1 aliphatic heterocycles. The molecule has 1 atom stereocenters. The fourth-order valence-electron chi connectivity index (χ4n) is 2.17. The normalized spacial score (nSPS) is 18.0. The van der Waals surface area contributed by atoms with Crippen LogP contribution in [0.1, 0.15) is 28.4 Å². The highest BCUT2D eigenvalue weighted by atomic mass is 16.5. The second kappa shape index (κ2) is 4.18. The van der Waals surface area contributed by atoms with Crippen molar-refractivity contribution < 1.29 is 14.6 Å². The highest BCUT2D eigenvalue weighted by Crippen LogP contribution is 2.36. The molecule has 0 radical (unpaired) electrons. The summed E-state index contributed by atoms with van der Waals surface area (Å²) in [6.07, 6.45) is 0.0660. The molecule has 3 rings (SSSR count). The predicted octanol–water partition coefficient (Wildman–Crippen LogP) is 3.10. The number of carbonyl (C=O) groups excluding carboxylic acids is 1. The Morgan fingerprint density at radius 2 is 1.89 bits per heavy atom. The largest absolute Gasteiger partial charge is 0.508 e. The minimum absolute atomic E-state index is 0.000929. The standard InChI is InChI=1S/C15H12O3/c16-11-6-7-14-12(8-11)13(17)9-15(18-14)10-4-2-1-3-5-10/h1-8,15-16H,9H2/t15-/m1/s1. The average Bonchev–Trinajstić information content (AvgIpc) is 2.40. The molecular weight excluding hydrogens is 228 g/mol. The van der Waals surface area contributed by atoms with Crippen molar-refractivity contribution in [2.75, 3.05) is 0 Å². The van der Waals surface area contributed by atoms with Crippen molar-refractivity contribution in [3.63, 3.8) is 0 Å². The fraction of sp³-hybridized carbons (Fsp3) is 0.133. The van der Waals surface area contributed by atoms with Crippen LogP contribution < -0.4 is 4.74 Å². The number of fused-ring (bicyclic) bond motifs is 1. The van der Waals surface area contributed by atoms with E-state index in [1.807, 2.05) is 30.3 Å². The summed E-state index contributed by atoms with van der Waals surface area (Å²) < 4.78 is 5.81. The molecule has 0 aromatic heterocycles. The maximum Gasteiger partial charge on any atom is 0.170 e. The molecule has 0 spiro atoms. The molecule has 90 valence electrons. The quantitative estimate of drug-likeness (QED) is 0.833. The molecule has 1 aliphatic rings. The number of phenols is 1. The van der Waals surface area contributed by atoms with Crippen molar-refractivity contribution in [2.24, 2.45) is 0 Å². The van der Waals surface area contributed by atoms with Gasteiger partial charge in [-0.2, -0.15) is 0 Å². The van der Waals surface area contributed by atoms with E-state index in [1.165, 1.54) is 12.1 Å². The van der Waals surface area contributed by atoms with E-state index in [1.54, 1.807) is 6.07 Å². The Balaban J connectivity index is 1.97. The van der Waals surface area contributed by atoms with Gasteiger partial charge in [0.15, 0.2) is 5.78 Å². The lowest BCUT2D eigenvalue weighted by Crippen LogP contribution is -2.20. The van der Waals surface area contributed by atoms with E-state index >= 15 is 0 Å². The number of Topliss-reactive ketones (excluding diaryl/α,β-unsaturated/α-hetero) is 1. The average molecular weight is 240 g/mol. The number of rotatable bonds is 1. The minimum atomic E-state index is -0.240. The Hall–Kier alpha value is -2.29. The molecule has 0 fully saturated rings. The molecule has 3 nitrogen and oxygen atoms in total. The van der Waals surface area contributed by atoms with Crippen LogP contribution >= 0.6 is 0 Å². The van der Waals surface area contributed by atoms with Crippen LogP contribution in [0.4, 0.5) is 0 Å². The Bertz CT molecular complexity index is 590. The van der Waals surface area contributed by atoms with E-state index in [0.717, 1.165) is 5.56 Å². The smallest absolute Gasteiger partial charge is 0.170 e. The monoisotopic (exact) mass is 240 g/mol. The third kappa shape index (κ3) is 1.84. The number of hydrogen-bond donors (Lipinski definition) is 1. The molecule has 0 unspecified atom stereocenters. The second-order valence-electron chi connectivity index (χ2n) is 4.32. The van der Waals surface area contributed by atoms with Gasteiger partial charge in [0.25, 0.3) is 0 Å². The summed E-state index contributed by atoms with van der Waals surface area (Å²) in [7, 11) is 0. The summed E-state index contributed by atoms with van der Waals surface area (Å²) in [4.78, 5) is 12.0.